The van der Waals surface area contributed by atoms with Crippen LogP contribution in [0.25, 0.3) is 11.1 Å². The minimum atomic E-state index is -3.85. The lowest BCUT2D eigenvalue weighted by Crippen LogP contribution is -2.13. The summed E-state index contributed by atoms with van der Waals surface area (Å²) < 4.78 is 23.2. The fraction of sp³-hybridized carbons (Fsp3) is 0.0714. The number of hydrogen-bond donors (Lipinski definition) is 2. The van der Waals surface area contributed by atoms with Crippen molar-refractivity contribution in [3.8, 4) is 11.1 Å². The lowest BCUT2D eigenvalue weighted by atomic mass is 10.0. The fourth-order valence-electron chi connectivity index (χ4n) is 1.91. The Bertz CT molecular complexity index is 766. The first kappa shape index (κ1) is 14.2. The normalized spacial score (nSPS) is 11.3. The molecule has 0 radical (unpaired) electrons. The number of carbonyl (C=O) groups excluding carboxylic acids is 1. The molecule has 2 aromatic carbocycles. The molecule has 0 saturated carbocycles. The largest absolute Gasteiger partial charge is 0.399 e. The summed E-state index contributed by atoms with van der Waals surface area (Å²) in [6.07, 6.45) is 0. The monoisotopic (exact) mass is 290 g/mol. The topological polar surface area (TPSA) is 103 Å². The molecule has 104 valence electrons. The van der Waals surface area contributed by atoms with Crippen LogP contribution in [0.1, 0.15) is 17.3 Å². The number of ketones is 1. The third kappa shape index (κ3) is 2.87. The van der Waals surface area contributed by atoms with E-state index in [0.717, 1.165) is 0 Å². The van der Waals surface area contributed by atoms with Crippen molar-refractivity contribution < 1.29 is 13.2 Å². The van der Waals surface area contributed by atoms with E-state index in [-0.39, 0.29) is 10.7 Å². The Morgan fingerprint density at radius 2 is 1.65 bits per heavy atom. The number of rotatable bonds is 3. The molecule has 0 spiro atoms. The van der Waals surface area contributed by atoms with Crippen LogP contribution in [-0.2, 0) is 10.0 Å². The van der Waals surface area contributed by atoms with E-state index in [4.69, 9.17) is 10.9 Å². The maximum absolute atomic E-state index is 11.6. The summed E-state index contributed by atoms with van der Waals surface area (Å²) in [6, 6.07) is 11.0. The number of primary sulfonamides is 1. The number of nitrogens with two attached hydrogens (primary N) is 2. The quantitative estimate of drug-likeness (QED) is 0.664. The van der Waals surface area contributed by atoms with E-state index < -0.39 is 10.0 Å². The Kier molecular flexibility index (Phi) is 3.61. The molecule has 20 heavy (non-hydrogen) atoms. The molecule has 0 aromatic heterocycles. The molecular formula is C14H14N2O3S. The van der Waals surface area contributed by atoms with Gasteiger partial charge in [-0.05, 0) is 30.7 Å². The van der Waals surface area contributed by atoms with Gasteiger partial charge in [-0.1, -0.05) is 24.3 Å². The lowest BCUT2D eigenvalue weighted by molar-refractivity contribution is 0.101. The van der Waals surface area contributed by atoms with Crippen LogP contribution in [0, 0.1) is 0 Å². The molecule has 0 bridgehead atoms. The minimum Gasteiger partial charge on any atom is -0.399 e. The Hall–Kier alpha value is -2.18. The van der Waals surface area contributed by atoms with Gasteiger partial charge in [0.15, 0.2) is 5.78 Å². The van der Waals surface area contributed by atoms with E-state index in [1.807, 2.05) is 0 Å². The van der Waals surface area contributed by atoms with Gasteiger partial charge in [0, 0.05) is 16.8 Å². The SMILES string of the molecule is CC(=O)c1ccc(-c2cc(N)ccc2S(N)(=O)=O)cc1. The van der Waals surface area contributed by atoms with Gasteiger partial charge in [-0.2, -0.15) is 0 Å². The van der Waals surface area contributed by atoms with Gasteiger partial charge in [0.1, 0.15) is 0 Å². The number of sulfonamides is 1. The number of hydrogen-bond acceptors (Lipinski definition) is 4. The molecule has 2 aromatic rings. The number of anilines is 1. The summed E-state index contributed by atoms with van der Waals surface area (Å²) in [5, 5.41) is 5.20. The molecule has 2 rings (SSSR count). The van der Waals surface area contributed by atoms with Gasteiger partial charge >= 0.3 is 0 Å². The Morgan fingerprint density at radius 3 is 2.15 bits per heavy atom. The van der Waals surface area contributed by atoms with E-state index in [9.17, 15) is 13.2 Å². The zero-order valence-corrected chi connectivity index (χ0v) is 11.6. The van der Waals surface area contributed by atoms with Crippen LogP contribution in [-0.4, -0.2) is 14.2 Å². The van der Waals surface area contributed by atoms with Crippen molar-refractivity contribution >= 4 is 21.5 Å². The third-order valence-electron chi connectivity index (χ3n) is 2.91. The van der Waals surface area contributed by atoms with Gasteiger partial charge in [0.05, 0.1) is 4.90 Å². The third-order valence-corrected chi connectivity index (χ3v) is 3.88. The number of Topliss-reactive ketones (excluding diaryl/α,β-unsaturated/α-hetero) is 1. The highest BCUT2D eigenvalue weighted by molar-refractivity contribution is 7.89. The predicted octanol–water partition coefficient (Wildman–Crippen LogP) is 1.79. The van der Waals surface area contributed by atoms with Crippen LogP contribution in [0.4, 0.5) is 5.69 Å². The molecule has 6 heteroatoms. The van der Waals surface area contributed by atoms with Gasteiger partial charge in [-0.15, -0.1) is 0 Å². The summed E-state index contributed by atoms with van der Waals surface area (Å²) in [5.41, 5.74) is 7.73. The number of carbonyl (C=O) groups is 1. The highest BCUT2D eigenvalue weighted by Gasteiger charge is 2.15. The van der Waals surface area contributed by atoms with Crippen LogP contribution >= 0.6 is 0 Å². The van der Waals surface area contributed by atoms with Gasteiger partial charge in [-0.3, -0.25) is 4.79 Å². The molecule has 0 amide bonds. The standard InChI is InChI=1S/C14H14N2O3S/c1-9(17)10-2-4-11(5-3-10)13-8-12(15)6-7-14(13)20(16,18)19/h2-8H,15H2,1H3,(H2,16,18,19). The van der Waals surface area contributed by atoms with E-state index in [1.54, 1.807) is 30.3 Å². The average Bonchev–Trinajstić information content (AvgIpc) is 2.37. The lowest BCUT2D eigenvalue weighted by Gasteiger charge is -2.09. The molecular weight excluding hydrogens is 276 g/mol. The van der Waals surface area contributed by atoms with Gasteiger partial charge in [0.25, 0.3) is 0 Å². The van der Waals surface area contributed by atoms with Crippen LogP contribution < -0.4 is 10.9 Å². The summed E-state index contributed by atoms with van der Waals surface area (Å²) >= 11 is 0. The number of benzene rings is 2. The molecule has 0 aliphatic carbocycles. The van der Waals surface area contributed by atoms with E-state index >= 15 is 0 Å². The average molecular weight is 290 g/mol. The van der Waals surface area contributed by atoms with Crippen molar-refractivity contribution in [3.63, 3.8) is 0 Å². The summed E-state index contributed by atoms with van der Waals surface area (Å²) in [4.78, 5) is 11.2. The highest BCUT2D eigenvalue weighted by Crippen LogP contribution is 2.29. The van der Waals surface area contributed by atoms with E-state index in [2.05, 4.69) is 0 Å². The van der Waals surface area contributed by atoms with Crippen molar-refractivity contribution in [3.05, 3.63) is 48.0 Å². The molecule has 0 atom stereocenters. The molecule has 0 heterocycles. The molecule has 0 saturated heterocycles. The summed E-state index contributed by atoms with van der Waals surface area (Å²) in [6.45, 7) is 1.46. The summed E-state index contributed by atoms with van der Waals surface area (Å²) in [7, 11) is -3.85. The maximum atomic E-state index is 11.6. The second kappa shape index (κ2) is 5.07. The van der Waals surface area contributed by atoms with Crippen LogP contribution in [0.2, 0.25) is 0 Å². The van der Waals surface area contributed by atoms with Crippen LogP contribution in [0.3, 0.4) is 0 Å². The number of nitrogen functional groups attached to an aromatic ring is 1. The summed E-state index contributed by atoms with van der Waals surface area (Å²) in [5.74, 6) is -0.0594. The van der Waals surface area contributed by atoms with Crippen molar-refractivity contribution in [2.75, 3.05) is 5.73 Å². The molecule has 4 N–H and O–H groups in total. The molecule has 0 aliphatic heterocycles. The van der Waals surface area contributed by atoms with Crippen molar-refractivity contribution in [1.29, 1.82) is 0 Å². The van der Waals surface area contributed by atoms with Crippen LogP contribution in [0.15, 0.2) is 47.4 Å². The maximum Gasteiger partial charge on any atom is 0.238 e. The highest BCUT2D eigenvalue weighted by atomic mass is 32.2. The minimum absolute atomic E-state index is 0.00211. The molecule has 5 nitrogen and oxygen atoms in total. The second-order valence-electron chi connectivity index (χ2n) is 4.43. The predicted molar refractivity (Wildman–Crippen MR) is 77.7 cm³/mol. The molecule has 0 unspecified atom stereocenters. The van der Waals surface area contributed by atoms with Crippen molar-refractivity contribution in [2.45, 2.75) is 11.8 Å². The van der Waals surface area contributed by atoms with Crippen molar-refractivity contribution in [1.82, 2.24) is 0 Å². The van der Waals surface area contributed by atoms with E-state index in [1.165, 1.54) is 19.1 Å². The van der Waals surface area contributed by atoms with Crippen LogP contribution in [0.5, 0.6) is 0 Å². The first-order valence-electron chi connectivity index (χ1n) is 5.83. The van der Waals surface area contributed by atoms with Gasteiger partial charge in [-0.25, -0.2) is 13.6 Å². The van der Waals surface area contributed by atoms with E-state index in [0.29, 0.717) is 22.4 Å². The second-order valence-corrected chi connectivity index (χ2v) is 5.96. The zero-order valence-electron chi connectivity index (χ0n) is 10.8. The first-order valence-corrected chi connectivity index (χ1v) is 7.37. The Morgan fingerprint density at radius 1 is 1.05 bits per heavy atom. The molecule has 0 aliphatic rings. The Balaban J connectivity index is 2.62. The Labute approximate surface area is 117 Å². The molecule has 0 fully saturated rings. The van der Waals surface area contributed by atoms with Gasteiger partial charge < -0.3 is 5.73 Å². The van der Waals surface area contributed by atoms with Gasteiger partial charge in [0.2, 0.25) is 10.0 Å². The first-order chi connectivity index (χ1) is 9.29. The smallest absolute Gasteiger partial charge is 0.238 e. The fourth-order valence-corrected chi connectivity index (χ4v) is 2.65. The zero-order chi connectivity index (χ0) is 14.9. The van der Waals surface area contributed by atoms with Crippen molar-refractivity contribution in [2.24, 2.45) is 5.14 Å².